The summed E-state index contributed by atoms with van der Waals surface area (Å²) in [6, 6.07) is 6.19. The third-order valence-electron chi connectivity index (χ3n) is 2.63. The van der Waals surface area contributed by atoms with Gasteiger partial charge in [0, 0.05) is 11.5 Å². The van der Waals surface area contributed by atoms with Crippen LogP contribution < -0.4 is 4.74 Å². The highest BCUT2D eigenvalue weighted by molar-refractivity contribution is 5.42. The van der Waals surface area contributed by atoms with Gasteiger partial charge in [0.05, 0.1) is 12.7 Å². The largest absolute Gasteiger partial charge is 0.493 e. The lowest BCUT2D eigenvalue weighted by atomic mass is 9.99. The molecule has 2 atom stereocenters. The lowest BCUT2D eigenvalue weighted by Gasteiger charge is -2.07. The van der Waals surface area contributed by atoms with Gasteiger partial charge in [0.2, 0.25) is 0 Å². The summed E-state index contributed by atoms with van der Waals surface area (Å²) in [6.45, 7) is 4.76. The van der Waals surface area contributed by atoms with Crippen LogP contribution in [0.5, 0.6) is 5.75 Å². The van der Waals surface area contributed by atoms with Crippen molar-refractivity contribution < 1.29 is 9.84 Å². The summed E-state index contributed by atoms with van der Waals surface area (Å²) in [5.74, 6) is 1.49. The molecule has 1 aromatic carbocycles. The summed E-state index contributed by atoms with van der Waals surface area (Å²) in [7, 11) is 0. The predicted octanol–water partition coefficient (Wildman–Crippen LogP) is 2.11. The first kappa shape index (κ1) is 9.53. The van der Waals surface area contributed by atoms with Crippen molar-refractivity contribution in [1.29, 1.82) is 0 Å². The maximum absolute atomic E-state index is 9.29. The topological polar surface area (TPSA) is 29.5 Å². The Labute approximate surface area is 84.5 Å². The van der Waals surface area contributed by atoms with Crippen LogP contribution >= 0.6 is 0 Å². The molecule has 2 heteroatoms. The van der Waals surface area contributed by atoms with Crippen molar-refractivity contribution >= 4 is 0 Å². The molecule has 1 aliphatic heterocycles. The molecule has 1 aromatic rings. The highest BCUT2D eigenvalue weighted by Gasteiger charge is 2.20. The Bertz CT molecular complexity index is 331. The highest BCUT2D eigenvalue weighted by atomic mass is 16.5. The molecule has 2 nitrogen and oxygen atoms in total. The fraction of sp³-hybridized carbons (Fsp3) is 0.500. The average Bonchev–Trinajstić information content (AvgIpc) is 2.47. The van der Waals surface area contributed by atoms with Gasteiger partial charge in [-0.1, -0.05) is 19.1 Å². The molecule has 2 rings (SSSR count). The van der Waals surface area contributed by atoms with E-state index in [0.717, 1.165) is 18.8 Å². The van der Waals surface area contributed by atoms with E-state index in [1.807, 2.05) is 19.1 Å². The van der Waals surface area contributed by atoms with Gasteiger partial charge in [-0.2, -0.15) is 0 Å². The van der Waals surface area contributed by atoms with Crippen molar-refractivity contribution in [3.63, 3.8) is 0 Å². The number of aliphatic hydroxyl groups excluding tert-OH is 1. The number of ether oxygens (including phenoxy) is 1. The minimum atomic E-state index is -0.273. The molecular weight excluding hydrogens is 176 g/mol. The first-order valence-corrected chi connectivity index (χ1v) is 5.10. The number of hydrogen-bond donors (Lipinski definition) is 1. The van der Waals surface area contributed by atoms with E-state index in [1.165, 1.54) is 11.1 Å². The number of hydrogen-bond acceptors (Lipinski definition) is 2. The molecule has 0 fully saturated rings. The van der Waals surface area contributed by atoms with E-state index in [-0.39, 0.29) is 6.10 Å². The van der Waals surface area contributed by atoms with E-state index in [9.17, 15) is 5.11 Å². The van der Waals surface area contributed by atoms with Crippen LogP contribution in [0.15, 0.2) is 18.2 Å². The quantitative estimate of drug-likeness (QED) is 0.777. The Hall–Kier alpha value is -1.02. The lowest BCUT2D eigenvalue weighted by molar-refractivity contribution is 0.195. The molecule has 1 aliphatic rings. The number of rotatable bonds is 2. The molecule has 76 valence electrons. The van der Waals surface area contributed by atoms with Gasteiger partial charge in [0.1, 0.15) is 5.75 Å². The fourth-order valence-electron chi connectivity index (χ4n) is 1.89. The number of benzene rings is 1. The molecule has 14 heavy (non-hydrogen) atoms. The molecule has 0 aromatic heterocycles. The van der Waals surface area contributed by atoms with Crippen molar-refractivity contribution in [2.45, 2.75) is 32.3 Å². The van der Waals surface area contributed by atoms with Crippen LogP contribution in [0, 0.1) is 0 Å². The van der Waals surface area contributed by atoms with Gasteiger partial charge in [-0.3, -0.25) is 0 Å². The molecule has 0 saturated heterocycles. The first-order chi connectivity index (χ1) is 6.66. The fourth-order valence-corrected chi connectivity index (χ4v) is 1.89. The summed E-state index contributed by atoms with van der Waals surface area (Å²) >= 11 is 0. The molecule has 0 saturated carbocycles. The Morgan fingerprint density at radius 3 is 3.07 bits per heavy atom. The Kier molecular flexibility index (Phi) is 2.46. The van der Waals surface area contributed by atoms with Gasteiger partial charge in [0.15, 0.2) is 0 Å². The summed E-state index contributed by atoms with van der Waals surface area (Å²) in [6.07, 6.45) is 0.450. The zero-order valence-corrected chi connectivity index (χ0v) is 8.66. The van der Waals surface area contributed by atoms with Crippen LogP contribution in [0.4, 0.5) is 0 Å². The van der Waals surface area contributed by atoms with Crippen LogP contribution in [-0.4, -0.2) is 17.8 Å². The van der Waals surface area contributed by atoms with Gasteiger partial charge >= 0.3 is 0 Å². The molecule has 0 spiro atoms. The Morgan fingerprint density at radius 2 is 2.36 bits per heavy atom. The molecule has 0 aliphatic carbocycles. The third kappa shape index (κ3) is 1.75. The summed E-state index contributed by atoms with van der Waals surface area (Å²) in [5, 5.41) is 9.29. The average molecular weight is 192 g/mol. The van der Waals surface area contributed by atoms with Gasteiger partial charge in [0.25, 0.3) is 0 Å². The van der Waals surface area contributed by atoms with Crippen LogP contribution in [0.3, 0.4) is 0 Å². The minimum absolute atomic E-state index is 0.273. The van der Waals surface area contributed by atoms with Crippen LogP contribution in [0.1, 0.15) is 30.9 Å². The first-order valence-electron chi connectivity index (χ1n) is 5.10. The lowest BCUT2D eigenvalue weighted by Crippen LogP contribution is -2.04. The second-order valence-electron chi connectivity index (χ2n) is 4.14. The highest BCUT2D eigenvalue weighted by Crippen LogP contribution is 2.34. The van der Waals surface area contributed by atoms with Gasteiger partial charge in [-0.15, -0.1) is 0 Å². The summed E-state index contributed by atoms with van der Waals surface area (Å²) in [4.78, 5) is 0. The van der Waals surface area contributed by atoms with Crippen molar-refractivity contribution in [3.05, 3.63) is 29.3 Å². The standard InChI is InChI=1S/C12H16O2/c1-8-7-14-12-4-3-10(5-9(2)13)6-11(8)12/h3-4,6,8-9,13H,5,7H2,1-2H3. The van der Waals surface area contributed by atoms with E-state index in [2.05, 4.69) is 13.0 Å². The SMILES string of the molecule is CC(O)Cc1ccc2c(c1)C(C)CO2. The molecule has 2 unspecified atom stereocenters. The van der Waals surface area contributed by atoms with E-state index < -0.39 is 0 Å². The Balaban J connectivity index is 2.26. The van der Waals surface area contributed by atoms with E-state index in [4.69, 9.17) is 4.74 Å². The third-order valence-corrected chi connectivity index (χ3v) is 2.63. The van der Waals surface area contributed by atoms with Gasteiger partial charge in [-0.25, -0.2) is 0 Å². The van der Waals surface area contributed by atoms with Gasteiger partial charge in [-0.05, 0) is 25.0 Å². The molecule has 1 heterocycles. The zero-order valence-electron chi connectivity index (χ0n) is 8.66. The van der Waals surface area contributed by atoms with Crippen molar-refractivity contribution in [3.8, 4) is 5.75 Å². The number of fused-ring (bicyclic) bond motifs is 1. The zero-order chi connectivity index (χ0) is 10.1. The molecule has 1 N–H and O–H groups in total. The Morgan fingerprint density at radius 1 is 1.57 bits per heavy atom. The smallest absolute Gasteiger partial charge is 0.122 e. The van der Waals surface area contributed by atoms with E-state index >= 15 is 0 Å². The second-order valence-corrected chi connectivity index (χ2v) is 4.14. The molecule has 0 radical (unpaired) electrons. The maximum atomic E-state index is 9.29. The second kappa shape index (κ2) is 3.62. The normalized spacial score (nSPS) is 21.5. The van der Waals surface area contributed by atoms with Gasteiger partial charge < -0.3 is 9.84 Å². The van der Waals surface area contributed by atoms with Crippen LogP contribution in [-0.2, 0) is 6.42 Å². The summed E-state index contributed by atoms with van der Waals surface area (Å²) in [5.41, 5.74) is 2.47. The molecule has 0 bridgehead atoms. The van der Waals surface area contributed by atoms with Crippen LogP contribution in [0.2, 0.25) is 0 Å². The van der Waals surface area contributed by atoms with E-state index in [1.54, 1.807) is 0 Å². The van der Waals surface area contributed by atoms with Crippen molar-refractivity contribution in [2.75, 3.05) is 6.61 Å². The van der Waals surface area contributed by atoms with Crippen LogP contribution in [0.25, 0.3) is 0 Å². The predicted molar refractivity (Wildman–Crippen MR) is 55.7 cm³/mol. The van der Waals surface area contributed by atoms with Crippen molar-refractivity contribution in [1.82, 2.24) is 0 Å². The molecular formula is C12H16O2. The summed E-state index contributed by atoms with van der Waals surface area (Å²) < 4.78 is 5.51. The van der Waals surface area contributed by atoms with Crippen molar-refractivity contribution in [2.24, 2.45) is 0 Å². The molecule has 0 amide bonds. The number of aliphatic hydroxyl groups is 1. The monoisotopic (exact) mass is 192 g/mol. The van der Waals surface area contributed by atoms with E-state index in [0.29, 0.717) is 5.92 Å². The minimum Gasteiger partial charge on any atom is -0.493 e. The maximum Gasteiger partial charge on any atom is 0.122 e.